The van der Waals surface area contributed by atoms with Gasteiger partial charge in [0.05, 0.1) is 18.6 Å². The molecule has 1 aromatic carbocycles. The maximum atomic E-state index is 13.4. The van der Waals surface area contributed by atoms with Crippen molar-refractivity contribution in [3.05, 3.63) is 41.5 Å². The summed E-state index contributed by atoms with van der Waals surface area (Å²) in [5.74, 6) is -0.611. The Morgan fingerprint density at radius 1 is 1.41 bits per heavy atom. The molecule has 6 nitrogen and oxygen atoms in total. The molecule has 4 bridgehead atoms. The Hall–Kier alpha value is -2.18. The van der Waals surface area contributed by atoms with Gasteiger partial charge in [-0.15, -0.1) is 0 Å². The summed E-state index contributed by atoms with van der Waals surface area (Å²) in [6.45, 7) is 2.73. The average Bonchev–Trinajstić information content (AvgIpc) is 3.30. The Kier molecular flexibility index (Phi) is 2.71. The van der Waals surface area contributed by atoms with Crippen molar-refractivity contribution in [3.8, 4) is 0 Å². The highest BCUT2D eigenvalue weighted by Crippen LogP contribution is 2.75. The summed E-state index contributed by atoms with van der Waals surface area (Å²) in [6, 6.07) is 8.15. The number of esters is 1. The number of ether oxygens (including phenoxy) is 2. The molecule has 6 heteroatoms. The summed E-state index contributed by atoms with van der Waals surface area (Å²) >= 11 is 0. The summed E-state index contributed by atoms with van der Waals surface area (Å²) in [4.78, 5) is 28.7. The predicted molar refractivity (Wildman–Crippen MR) is 96.8 cm³/mol. The molecule has 0 amide bonds. The van der Waals surface area contributed by atoms with Crippen molar-refractivity contribution in [3.63, 3.8) is 0 Å². The Balaban J connectivity index is 1.75. The highest BCUT2D eigenvalue weighted by molar-refractivity contribution is 5.99. The molecule has 27 heavy (non-hydrogen) atoms. The van der Waals surface area contributed by atoms with Crippen LogP contribution < -0.4 is 5.32 Å². The molecule has 1 aliphatic carbocycles. The van der Waals surface area contributed by atoms with Crippen LogP contribution in [0.15, 0.2) is 35.9 Å². The van der Waals surface area contributed by atoms with E-state index < -0.39 is 22.5 Å². The maximum Gasteiger partial charge on any atom is 0.320 e. The van der Waals surface area contributed by atoms with Gasteiger partial charge in [-0.05, 0) is 25.0 Å². The molecule has 140 valence electrons. The van der Waals surface area contributed by atoms with Crippen LogP contribution in [0.3, 0.4) is 0 Å². The lowest BCUT2D eigenvalue weighted by molar-refractivity contribution is -0.182. The van der Waals surface area contributed by atoms with E-state index in [1.165, 1.54) is 7.11 Å². The second kappa shape index (κ2) is 4.62. The molecule has 3 saturated heterocycles. The largest absolute Gasteiger partial charge is 0.468 e. The number of hydrogen-bond acceptors (Lipinski definition) is 6. The number of allylic oxidation sites excluding steroid dienone is 1. The zero-order chi connectivity index (χ0) is 18.6. The molecule has 0 aromatic heterocycles. The summed E-state index contributed by atoms with van der Waals surface area (Å²) < 4.78 is 11.9. The van der Waals surface area contributed by atoms with Crippen molar-refractivity contribution in [2.45, 2.75) is 43.2 Å². The number of rotatable bonds is 2. The van der Waals surface area contributed by atoms with Gasteiger partial charge in [0.25, 0.3) is 0 Å². The molecule has 1 spiro atoms. The number of para-hydroxylation sites is 1. The molecule has 1 N–H and O–H groups in total. The van der Waals surface area contributed by atoms with Gasteiger partial charge in [0.1, 0.15) is 17.9 Å². The first-order chi connectivity index (χ1) is 13.1. The minimum absolute atomic E-state index is 0.101. The van der Waals surface area contributed by atoms with Gasteiger partial charge in [0.2, 0.25) is 0 Å². The number of carbonyl (C=O) groups excluding carboxylic acids is 2. The van der Waals surface area contributed by atoms with E-state index in [9.17, 15) is 9.59 Å². The van der Waals surface area contributed by atoms with Crippen LogP contribution in [0.4, 0.5) is 5.69 Å². The monoisotopic (exact) mass is 366 g/mol. The van der Waals surface area contributed by atoms with E-state index in [4.69, 9.17) is 9.47 Å². The molecule has 6 rings (SSSR count). The first kappa shape index (κ1) is 15.8. The minimum atomic E-state index is -1.29. The lowest BCUT2D eigenvalue weighted by Crippen LogP contribution is -2.78. The summed E-state index contributed by atoms with van der Waals surface area (Å²) in [7, 11) is 1.38. The number of anilines is 1. The lowest BCUT2D eigenvalue weighted by atomic mass is 9.42. The van der Waals surface area contributed by atoms with E-state index in [1.807, 2.05) is 31.2 Å². The fourth-order valence-electron chi connectivity index (χ4n) is 7.14. The van der Waals surface area contributed by atoms with Crippen LogP contribution in [0.25, 0.3) is 0 Å². The predicted octanol–water partition coefficient (Wildman–Crippen LogP) is 1.81. The average molecular weight is 366 g/mol. The Morgan fingerprint density at radius 2 is 2.22 bits per heavy atom. The number of carbonyl (C=O) groups is 2. The van der Waals surface area contributed by atoms with Gasteiger partial charge in [-0.1, -0.05) is 29.8 Å². The van der Waals surface area contributed by atoms with Crippen molar-refractivity contribution in [1.82, 2.24) is 4.90 Å². The number of nitrogens with one attached hydrogen (secondary N) is 1. The third-order valence-electron chi connectivity index (χ3n) is 7.99. The Bertz CT molecular complexity index is 929. The number of nitrogens with zero attached hydrogens (tertiary/aromatic N) is 1. The van der Waals surface area contributed by atoms with Crippen molar-refractivity contribution < 1.29 is 19.1 Å². The zero-order valence-corrected chi connectivity index (χ0v) is 15.4. The van der Waals surface area contributed by atoms with Gasteiger partial charge < -0.3 is 19.6 Å². The molecule has 5 aliphatic rings. The molecular weight excluding hydrogens is 344 g/mol. The third kappa shape index (κ3) is 1.32. The van der Waals surface area contributed by atoms with Gasteiger partial charge >= 0.3 is 5.97 Å². The number of aldehydes is 1. The van der Waals surface area contributed by atoms with Gasteiger partial charge in [-0.3, -0.25) is 9.69 Å². The van der Waals surface area contributed by atoms with Crippen LogP contribution in [0, 0.1) is 11.3 Å². The van der Waals surface area contributed by atoms with Crippen LogP contribution in [0.1, 0.15) is 25.3 Å². The minimum Gasteiger partial charge on any atom is -0.468 e. The fourth-order valence-corrected chi connectivity index (χ4v) is 7.14. The van der Waals surface area contributed by atoms with E-state index in [2.05, 4.69) is 16.3 Å². The molecule has 3 unspecified atom stereocenters. The van der Waals surface area contributed by atoms with E-state index >= 15 is 0 Å². The van der Waals surface area contributed by atoms with Crippen molar-refractivity contribution >= 4 is 17.9 Å². The molecular formula is C21H22N2O4. The molecule has 4 fully saturated rings. The number of methoxy groups -OCH3 is 1. The topological polar surface area (TPSA) is 67.9 Å². The van der Waals surface area contributed by atoms with Crippen molar-refractivity contribution in [1.29, 1.82) is 0 Å². The molecule has 6 atom stereocenters. The summed E-state index contributed by atoms with van der Waals surface area (Å²) in [5, 5.41) is 3.63. The quantitative estimate of drug-likeness (QED) is 0.373. The zero-order valence-electron chi connectivity index (χ0n) is 15.4. The first-order valence-corrected chi connectivity index (χ1v) is 9.60. The Labute approximate surface area is 157 Å². The molecule has 0 radical (unpaired) electrons. The first-order valence-electron chi connectivity index (χ1n) is 9.60. The summed E-state index contributed by atoms with van der Waals surface area (Å²) in [5.41, 5.74) is 0.303. The Morgan fingerprint density at radius 3 is 2.96 bits per heavy atom. The van der Waals surface area contributed by atoms with Crippen LogP contribution in [0.5, 0.6) is 0 Å². The number of piperidine rings is 2. The maximum absolute atomic E-state index is 13.4. The number of hydrogen-bond donors (Lipinski definition) is 1. The van der Waals surface area contributed by atoms with E-state index in [-0.39, 0.29) is 18.2 Å². The molecule has 1 aromatic rings. The van der Waals surface area contributed by atoms with Crippen LogP contribution >= 0.6 is 0 Å². The second-order valence-electron chi connectivity index (χ2n) is 8.41. The van der Waals surface area contributed by atoms with Crippen LogP contribution in [0.2, 0.25) is 0 Å². The van der Waals surface area contributed by atoms with Gasteiger partial charge in [0, 0.05) is 24.6 Å². The van der Waals surface area contributed by atoms with Gasteiger partial charge in [0.15, 0.2) is 5.72 Å². The second-order valence-corrected chi connectivity index (χ2v) is 8.41. The van der Waals surface area contributed by atoms with Crippen LogP contribution in [-0.2, 0) is 24.5 Å². The van der Waals surface area contributed by atoms with E-state index in [0.717, 1.165) is 29.7 Å². The van der Waals surface area contributed by atoms with Gasteiger partial charge in [-0.2, -0.15) is 0 Å². The smallest absolute Gasteiger partial charge is 0.320 e. The highest BCUT2D eigenvalue weighted by Gasteiger charge is 2.87. The van der Waals surface area contributed by atoms with Gasteiger partial charge in [-0.25, -0.2) is 0 Å². The molecule has 4 aliphatic heterocycles. The SMILES string of the molecule is C/C=C1/CN2C3C[C@@]45c6ccccc6N[C@]4(O3)[C@@H]2CC1C5(C=O)C(=O)OC. The van der Waals surface area contributed by atoms with Crippen molar-refractivity contribution in [2.75, 3.05) is 19.0 Å². The van der Waals surface area contributed by atoms with Crippen LogP contribution in [-0.4, -0.2) is 48.8 Å². The number of benzene rings is 1. The summed E-state index contributed by atoms with van der Waals surface area (Å²) in [6.07, 6.45) is 4.18. The number of fused-ring (bicyclic) bond motifs is 4. The normalized spacial score (nSPS) is 46.9. The molecule has 4 heterocycles. The molecule has 1 saturated carbocycles. The lowest BCUT2D eigenvalue weighted by Gasteiger charge is -2.63. The third-order valence-corrected chi connectivity index (χ3v) is 7.99. The van der Waals surface area contributed by atoms with E-state index in [0.29, 0.717) is 12.8 Å². The van der Waals surface area contributed by atoms with Crippen molar-refractivity contribution in [2.24, 2.45) is 11.3 Å². The highest BCUT2D eigenvalue weighted by atomic mass is 16.6. The standard InChI is InChI=1S/C21H22N2O4/c1-3-12-10-23-16-8-14(12)19(11-24,18(25)26-2)20-9-17(23)27-21(16,20)22-15-7-5-4-6-13(15)20/h3-7,11,14,16-17,22H,8-10H2,1-2H3/b12-3-/t14?,16-,17?,19?,20-,21-/m0/s1. The fraction of sp³-hybridized carbons (Fsp3) is 0.524. The van der Waals surface area contributed by atoms with E-state index in [1.54, 1.807) is 0 Å².